The van der Waals surface area contributed by atoms with Crippen LogP contribution in [0.4, 0.5) is 0 Å². The van der Waals surface area contributed by atoms with Crippen LogP contribution in [0, 0.1) is 0 Å². The van der Waals surface area contributed by atoms with Crippen LogP contribution in [-0.2, 0) is 4.79 Å². The molecule has 0 aromatic heterocycles. The molecule has 1 aromatic rings. The Bertz CT molecular complexity index is 447. The second kappa shape index (κ2) is 7.57. The second-order valence-electron chi connectivity index (χ2n) is 6.26. The zero-order chi connectivity index (χ0) is 15.2. The minimum absolute atomic E-state index is 0.222. The third-order valence-corrected chi connectivity index (χ3v) is 4.16. The van der Waals surface area contributed by atoms with E-state index in [1.165, 1.54) is 12.0 Å². The van der Waals surface area contributed by atoms with Gasteiger partial charge in [-0.25, -0.2) is 0 Å². The Labute approximate surface area is 127 Å². The highest BCUT2D eigenvalue weighted by Gasteiger charge is 2.25. The number of nitrogens with two attached hydrogens (primary N) is 1. The first-order chi connectivity index (χ1) is 10.1. The third-order valence-electron chi connectivity index (χ3n) is 4.16. The Kier molecular flexibility index (Phi) is 5.76. The van der Waals surface area contributed by atoms with E-state index in [0.29, 0.717) is 5.92 Å². The molecule has 4 nitrogen and oxygen atoms in total. The summed E-state index contributed by atoms with van der Waals surface area (Å²) in [5.74, 6) is 0.374. The van der Waals surface area contributed by atoms with Gasteiger partial charge in [0.15, 0.2) is 0 Å². The summed E-state index contributed by atoms with van der Waals surface area (Å²) in [6.07, 6.45) is 1.98. The standard InChI is InChI=1S/C17H27N3O/c1-13(2)19-16(17(18)21)9-11-20-10-8-15(12-20)14-6-4-3-5-7-14/h3-7,13,15-16,19H,8-12H2,1-2H3,(H2,18,21). The van der Waals surface area contributed by atoms with Crippen molar-refractivity contribution in [2.75, 3.05) is 19.6 Å². The Morgan fingerprint density at radius 2 is 2.10 bits per heavy atom. The van der Waals surface area contributed by atoms with Gasteiger partial charge in [-0.15, -0.1) is 0 Å². The molecule has 3 N–H and O–H groups in total. The van der Waals surface area contributed by atoms with Crippen LogP contribution in [0.15, 0.2) is 30.3 Å². The third kappa shape index (κ3) is 4.83. The van der Waals surface area contributed by atoms with Crippen molar-refractivity contribution < 1.29 is 4.79 Å². The fourth-order valence-electron chi connectivity index (χ4n) is 3.05. The first-order valence-electron chi connectivity index (χ1n) is 7.89. The highest BCUT2D eigenvalue weighted by Crippen LogP contribution is 2.26. The van der Waals surface area contributed by atoms with Crippen molar-refractivity contribution in [2.45, 2.75) is 44.7 Å². The minimum Gasteiger partial charge on any atom is -0.368 e. The summed E-state index contributed by atoms with van der Waals surface area (Å²) in [4.78, 5) is 13.9. The van der Waals surface area contributed by atoms with Gasteiger partial charge in [0.2, 0.25) is 5.91 Å². The number of rotatable bonds is 7. The van der Waals surface area contributed by atoms with E-state index in [1.54, 1.807) is 0 Å². The Morgan fingerprint density at radius 1 is 1.38 bits per heavy atom. The van der Waals surface area contributed by atoms with E-state index in [2.05, 4.69) is 40.5 Å². The largest absolute Gasteiger partial charge is 0.368 e. The molecule has 4 heteroatoms. The SMILES string of the molecule is CC(C)NC(CCN1CCC(c2ccccc2)C1)C(N)=O. The molecule has 1 heterocycles. The van der Waals surface area contributed by atoms with Gasteiger partial charge < -0.3 is 16.0 Å². The highest BCUT2D eigenvalue weighted by molar-refractivity contribution is 5.79. The van der Waals surface area contributed by atoms with Crippen molar-refractivity contribution in [2.24, 2.45) is 5.73 Å². The summed E-state index contributed by atoms with van der Waals surface area (Å²) in [6.45, 7) is 7.19. The maximum absolute atomic E-state index is 11.5. The van der Waals surface area contributed by atoms with Crippen LogP contribution < -0.4 is 11.1 Å². The Hall–Kier alpha value is -1.39. The lowest BCUT2D eigenvalue weighted by atomic mass is 9.99. The quantitative estimate of drug-likeness (QED) is 0.803. The molecule has 1 aromatic carbocycles. The lowest BCUT2D eigenvalue weighted by Crippen LogP contribution is -2.46. The predicted molar refractivity (Wildman–Crippen MR) is 86.1 cm³/mol. The maximum atomic E-state index is 11.5. The summed E-state index contributed by atoms with van der Waals surface area (Å²) in [7, 11) is 0. The molecule has 0 bridgehead atoms. The number of nitrogens with zero attached hydrogens (tertiary/aromatic N) is 1. The smallest absolute Gasteiger partial charge is 0.234 e. The van der Waals surface area contributed by atoms with E-state index in [4.69, 9.17) is 5.73 Å². The number of nitrogens with one attached hydrogen (secondary N) is 1. The minimum atomic E-state index is -0.248. The fourth-order valence-corrected chi connectivity index (χ4v) is 3.05. The average Bonchev–Trinajstić information content (AvgIpc) is 2.92. The van der Waals surface area contributed by atoms with Crippen molar-refractivity contribution in [3.8, 4) is 0 Å². The summed E-state index contributed by atoms with van der Waals surface area (Å²) in [5, 5.41) is 3.24. The highest BCUT2D eigenvalue weighted by atomic mass is 16.1. The molecule has 2 rings (SSSR count). The van der Waals surface area contributed by atoms with Crippen LogP contribution in [0.2, 0.25) is 0 Å². The lowest BCUT2D eigenvalue weighted by molar-refractivity contribution is -0.120. The molecule has 1 saturated heterocycles. The molecule has 0 spiro atoms. The van der Waals surface area contributed by atoms with Crippen molar-refractivity contribution in [3.05, 3.63) is 35.9 Å². The monoisotopic (exact) mass is 289 g/mol. The number of carbonyl (C=O) groups excluding carboxylic acids is 1. The van der Waals surface area contributed by atoms with E-state index in [1.807, 2.05) is 13.8 Å². The molecule has 116 valence electrons. The van der Waals surface area contributed by atoms with Crippen molar-refractivity contribution in [1.29, 1.82) is 0 Å². The zero-order valence-electron chi connectivity index (χ0n) is 13.1. The molecule has 1 aliphatic heterocycles. The van der Waals surface area contributed by atoms with Gasteiger partial charge in [-0.3, -0.25) is 4.79 Å². The molecule has 0 aliphatic carbocycles. The zero-order valence-corrected chi connectivity index (χ0v) is 13.1. The molecule has 0 radical (unpaired) electrons. The van der Waals surface area contributed by atoms with E-state index >= 15 is 0 Å². The Balaban J connectivity index is 1.81. The van der Waals surface area contributed by atoms with Crippen LogP contribution in [0.3, 0.4) is 0 Å². The number of hydrogen-bond acceptors (Lipinski definition) is 3. The lowest BCUT2D eigenvalue weighted by Gasteiger charge is -2.22. The van der Waals surface area contributed by atoms with Crippen LogP contribution in [0.25, 0.3) is 0 Å². The van der Waals surface area contributed by atoms with Crippen LogP contribution >= 0.6 is 0 Å². The fraction of sp³-hybridized carbons (Fsp3) is 0.588. The van der Waals surface area contributed by atoms with Gasteiger partial charge in [-0.05, 0) is 30.9 Å². The first kappa shape index (κ1) is 16.0. The molecule has 1 aliphatic rings. The number of hydrogen-bond donors (Lipinski definition) is 2. The number of carbonyl (C=O) groups is 1. The molecule has 21 heavy (non-hydrogen) atoms. The number of likely N-dealkylation sites (tertiary alicyclic amines) is 1. The number of benzene rings is 1. The molecule has 0 saturated carbocycles. The van der Waals surface area contributed by atoms with E-state index < -0.39 is 0 Å². The van der Waals surface area contributed by atoms with E-state index in [-0.39, 0.29) is 18.0 Å². The van der Waals surface area contributed by atoms with Crippen molar-refractivity contribution in [1.82, 2.24) is 10.2 Å². The van der Waals surface area contributed by atoms with E-state index in [9.17, 15) is 4.79 Å². The van der Waals surface area contributed by atoms with Gasteiger partial charge in [0.1, 0.15) is 0 Å². The van der Waals surface area contributed by atoms with Crippen LogP contribution in [0.5, 0.6) is 0 Å². The average molecular weight is 289 g/mol. The van der Waals surface area contributed by atoms with Crippen LogP contribution in [-0.4, -0.2) is 42.5 Å². The number of amides is 1. The van der Waals surface area contributed by atoms with Gasteiger partial charge in [0.05, 0.1) is 6.04 Å². The summed E-state index contributed by atoms with van der Waals surface area (Å²) >= 11 is 0. The molecular weight excluding hydrogens is 262 g/mol. The molecule has 2 unspecified atom stereocenters. The second-order valence-corrected chi connectivity index (χ2v) is 6.26. The van der Waals surface area contributed by atoms with Crippen LogP contribution in [0.1, 0.15) is 38.2 Å². The Morgan fingerprint density at radius 3 is 2.71 bits per heavy atom. The molecule has 1 amide bonds. The van der Waals surface area contributed by atoms with Gasteiger partial charge in [-0.1, -0.05) is 44.2 Å². The van der Waals surface area contributed by atoms with E-state index in [0.717, 1.165) is 26.1 Å². The van der Waals surface area contributed by atoms with Gasteiger partial charge >= 0.3 is 0 Å². The summed E-state index contributed by atoms with van der Waals surface area (Å²) < 4.78 is 0. The molecule has 1 fully saturated rings. The van der Waals surface area contributed by atoms with Crippen molar-refractivity contribution >= 4 is 5.91 Å². The first-order valence-corrected chi connectivity index (χ1v) is 7.89. The van der Waals surface area contributed by atoms with Gasteiger partial charge in [0, 0.05) is 19.1 Å². The molecular formula is C17H27N3O. The topological polar surface area (TPSA) is 58.4 Å². The van der Waals surface area contributed by atoms with Gasteiger partial charge in [-0.2, -0.15) is 0 Å². The summed E-state index contributed by atoms with van der Waals surface area (Å²) in [5.41, 5.74) is 6.89. The predicted octanol–water partition coefficient (Wildman–Crippen LogP) is 1.72. The normalized spacial score (nSPS) is 20.8. The number of primary amides is 1. The maximum Gasteiger partial charge on any atom is 0.234 e. The van der Waals surface area contributed by atoms with Crippen molar-refractivity contribution in [3.63, 3.8) is 0 Å². The molecule has 2 atom stereocenters. The summed E-state index contributed by atoms with van der Waals surface area (Å²) in [6, 6.07) is 10.7. The van der Waals surface area contributed by atoms with Gasteiger partial charge in [0.25, 0.3) is 0 Å².